The van der Waals surface area contributed by atoms with Crippen molar-refractivity contribution in [3.05, 3.63) is 53.1 Å². The predicted octanol–water partition coefficient (Wildman–Crippen LogP) is 4.64. The highest BCUT2D eigenvalue weighted by Crippen LogP contribution is 2.41. The van der Waals surface area contributed by atoms with Gasteiger partial charge in [0.15, 0.2) is 11.5 Å². The Morgan fingerprint density at radius 1 is 1.16 bits per heavy atom. The van der Waals surface area contributed by atoms with Crippen LogP contribution >= 0.6 is 23.4 Å². The van der Waals surface area contributed by atoms with Gasteiger partial charge in [-0.25, -0.2) is 4.79 Å². The van der Waals surface area contributed by atoms with E-state index < -0.39 is 0 Å². The van der Waals surface area contributed by atoms with Crippen molar-refractivity contribution in [3.63, 3.8) is 0 Å². The molecule has 1 heterocycles. The maximum absolute atomic E-state index is 12.7. The lowest BCUT2D eigenvalue weighted by atomic mass is 10.2. The van der Waals surface area contributed by atoms with E-state index in [0.717, 1.165) is 17.0 Å². The van der Waals surface area contributed by atoms with Crippen LogP contribution in [0.5, 0.6) is 11.5 Å². The topological polar surface area (TPSA) is 50.8 Å². The van der Waals surface area contributed by atoms with Gasteiger partial charge in [-0.2, -0.15) is 0 Å². The lowest BCUT2D eigenvalue weighted by Crippen LogP contribution is -2.34. The number of urea groups is 1. The summed E-state index contributed by atoms with van der Waals surface area (Å²) < 4.78 is 10.7. The van der Waals surface area contributed by atoms with Crippen LogP contribution in [-0.2, 0) is 0 Å². The highest BCUT2D eigenvalue weighted by Gasteiger charge is 2.31. The second-order valence-electron chi connectivity index (χ2n) is 5.47. The maximum atomic E-state index is 12.7. The lowest BCUT2D eigenvalue weighted by molar-refractivity contribution is 0.214. The monoisotopic (exact) mass is 378 g/mol. The molecule has 1 N–H and O–H groups in total. The minimum atomic E-state index is -0.132. The molecule has 132 valence electrons. The first kappa shape index (κ1) is 17.8. The van der Waals surface area contributed by atoms with Crippen LogP contribution in [0.1, 0.15) is 10.9 Å². The molecule has 1 saturated heterocycles. The molecule has 2 aromatic carbocycles. The molecular formula is C18H19ClN2O3S. The van der Waals surface area contributed by atoms with Crippen LogP contribution in [0.4, 0.5) is 10.5 Å². The van der Waals surface area contributed by atoms with Crippen molar-refractivity contribution in [3.8, 4) is 11.5 Å². The van der Waals surface area contributed by atoms with E-state index in [1.807, 2.05) is 23.1 Å². The molecule has 1 aliphatic heterocycles. The average Bonchev–Trinajstić information content (AvgIpc) is 3.13. The lowest BCUT2D eigenvalue weighted by Gasteiger charge is -2.25. The molecule has 0 spiro atoms. The molecule has 0 aliphatic carbocycles. The zero-order valence-corrected chi connectivity index (χ0v) is 15.6. The van der Waals surface area contributed by atoms with Gasteiger partial charge in [-0.3, -0.25) is 0 Å². The van der Waals surface area contributed by atoms with Crippen molar-refractivity contribution in [2.45, 2.75) is 5.37 Å². The second-order valence-corrected chi connectivity index (χ2v) is 7.09. The first-order chi connectivity index (χ1) is 12.1. The van der Waals surface area contributed by atoms with Gasteiger partial charge in [0, 0.05) is 23.0 Å². The summed E-state index contributed by atoms with van der Waals surface area (Å²) in [7, 11) is 3.21. The van der Waals surface area contributed by atoms with Gasteiger partial charge < -0.3 is 19.7 Å². The van der Waals surface area contributed by atoms with E-state index in [2.05, 4.69) is 5.32 Å². The number of thioether (sulfide) groups is 1. The number of benzene rings is 2. The number of carbonyl (C=O) groups is 1. The number of methoxy groups -OCH3 is 2. The number of nitrogens with one attached hydrogen (secondary N) is 1. The van der Waals surface area contributed by atoms with Crippen LogP contribution in [-0.4, -0.2) is 37.4 Å². The number of nitrogens with zero attached hydrogens (tertiary/aromatic N) is 1. The van der Waals surface area contributed by atoms with Gasteiger partial charge in [0.1, 0.15) is 5.37 Å². The SMILES string of the molecule is COc1ccc(C2SCCN2C(=O)Nc2ccc(Cl)cc2)cc1OC. The number of halogens is 1. The van der Waals surface area contributed by atoms with E-state index in [-0.39, 0.29) is 11.4 Å². The van der Waals surface area contributed by atoms with Gasteiger partial charge in [-0.1, -0.05) is 17.7 Å². The fraction of sp³-hybridized carbons (Fsp3) is 0.278. The Kier molecular flexibility index (Phi) is 5.60. The molecule has 0 radical (unpaired) electrons. The third-order valence-corrected chi connectivity index (χ3v) is 5.45. The molecule has 0 aromatic heterocycles. The molecule has 2 aromatic rings. The number of hydrogen-bond acceptors (Lipinski definition) is 4. The first-order valence-electron chi connectivity index (χ1n) is 7.79. The van der Waals surface area contributed by atoms with Crippen molar-refractivity contribution < 1.29 is 14.3 Å². The second kappa shape index (κ2) is 7.89. The Morgan fingerprint density at radius 3 is 2.56 bits per heavy atom. The van der Waals surface area contributed by atoms with E-state index >= 15 is 0 Å². The molecule has 1 atom stereocenters. The van der Waals surface area contributed by atoms with Crippen LogP contribution in [0, 0.1) is 0 Å². The summed E-state index contributed by atoms with van der Waals surface area (Å²) in [5.41, 5.74) is 1.73. The Balaban J connectivity index is 1.77. The molecule has 7 heteroatoms. The van der Waals surface area contributed by atoms with Crippen LogP contribution in [0.25, 0.3) is 0 Å². The summed E-state index contributed by atoms with van der Waals surface area (Å²) in [4.78, 5) is 14.5. The Hall–Kier alpha value is -2.05. The summed E-state index contributed by atoms with van der Waals surface area (Å²) in [5.74, 6) is 2.21. The molecule has 0 bridgehead atoms. The van der Waals surface area contributed by atoms with Gasteiger partial charge in [0.2, 0.25) is 0 Å². The quantitative estimate of drug-likeness (QED) is 0.842. The largest absolute Gasteiger partial charge is 0.493 e. The van der Waals surface area contributed by atoms with Gasteiger partial charge in [-0.05, 0) is 42.0 Å². The molecule has 2 amide bonds. The minimum Gasteiger partial charge on any atom is -0.493 e. The number of hydrogen-bond donors (Lipinski definition) is 1. The molecule has 1 aliphatic rings. The van der Waals surface area contributed by atoms with Crippen LogP contribution in [0.2, 0.25) is 5.02 Å². The normalized spacial score (nSPS) is 16.6. The van der Waals surface area contributed by atoms with Crippen molar-refractivity contribution >= 4 is 35.1 Å². The van der Waals surface area contributed by atoms with Gasteiger partial charge in [0.25, 0.3) is 0 Å². The van der Waals surface area contributed by atoms with Crippen LogP contribution in [0.3, 0.4) is 0 Å². The highest BCUT2D eigenvalue weighted by atomic mass is 35.5. The fourth-order valence-corrected chi connectivity index (χ4v) is 4.06. The standard InChI is InChI=1S/C18H19ClN2O3S/c1-23-15-8-3-12(11-16(15)24-2)17-21(9-10-25-17)18(22)20-14-6-4-13(19)5-7-14/h3-8,11,17H,9-10H2,1-2H3,(H,20,22). The zero-order valence-electron chi connectivity index (χ0n) is 14.0. The molecule has 5 nitrogen and oxygen atoms in total. The summed E-state index contributed by atoms with van der Waals surface area (Å²) in [6.45, 7) is 0.684. The van der Waals surface area contributed by atoms with Crippen molar-refractivity contribution in [2.75, 3.05) is 31.8 Å². The van der Waals surface area contributed by atoms with E-state index in [0.29, 0.717) is 23.1 Å². The molecule has 25 heavy (non-hydrogen) atoms. The smallest absolute Gasteiger partial charge is 0.323 e. The Bertz CT molecular complexity index is 754. The molecule has 1 fully saturated rings. The third kappa shape index (κ3) is 3.96. The fourth-order valence-electron chi connectivity index (χ4n) is 2.69. The zero-order chi connectivity index (χ0) is 17.8. The number of carbonyl (C=O) groups excluding carboxylic acids is 1. The summed E-state index contributed by atoms with van der Waals surface area (Å²) >= 11 is 7.61. The van der Waals surface area contributed by atoms with Gasteiger partial charge >= 0.3 is 6.03 Å². The first-order valence-corrected chi connectivity index (χ1v) is 9.22. The summed E-state index contributed by atoms with van der Waals surface area (Å²) in [6.07, 6.45) is 0. The van der Waals surface area contributed by atoms with Gasteiger partial charge in [0.05, 0.1) is 14.2 Å². The molecule has 3 rings (SSSR count). The summed E-state index contributed by atoms with van der Waals surface area (Å²) in [6, 6.07) is 12.7. The van der Waals surface area contributed by atoms with Crippen molar-refractivity contribution in [2.24, 2.45) is 0 Å². The van der Waals surface area contributed by atoms with E-state index in [1.54, 1.807) is 50.2 Å². The van der Waals surface area contributed by atoms with E-state index in [9.17, 15) is 4.79 Å². The van der Waals surface area contributed by atoms with E-state index in [1.165, 1.54) is 0 Å². The molecule has 0 saturated carbocycles. The Labute approximate surface area is 156 Å². The maximum Gasteiger partial charge on any atom is 0.323 e. The minimum absolute atomic E-state index is 0.0629. The predicted molar refractivity (Wildman–Crippen MR) is 102 cm³/mol. The average molecular weight is 379 g/mol. The van der Waals surface area contributed by atoms with E-state index in [4.69, 9.17) is 21.1 Å². The summed E-state index contributed by atoms with van der Waals surface area (Å²) in [5, 5.41) is 3.50. The van der Waals surface area contributed by atoms with Crippen molar-refractivity contribution in [1.29, 1.82) is 0 Å². The number of anilines is 1. The number of amides is 2. The highest BCUT2D eigenvalue weighted by molar-refractivity contribution is 7.99. The van der Waals surface area contributed by atoms with Crippen molar-refractivity contribution in [1.82, 2.24) is 4.90 Å². The number of rotatable bonds is 4. The van der Waals surface area contributed by atoms with Crippen LogP contribution < -0.4 is 14.8 Å². The van der Waals surface area contributed by atoms with Gasteiger partial charge in [-0.15, -0.1) is 11.8 Å². The number of ether oxygens (including phenoxy) is 2. The molecule has 1 unspecified atom stereocenters. The van der Waals surface area contributed by atoms with Crippen LogP contribution in [0.15, 0.2) is 42.5 Å². The third-order valence-electron chi connectivity index (χ3n) is 3.94. The molecular weight excluding hydrogens is 360 g/mol. The Morgan fingerprint density at radius 2 is 1.88 bits per heavy atom.